The molecule has 4 rings (SSSR count). The smallest absolute Gasteiger partial charge is 0.262 e. The van der Waals surface area contributed by atoms with Gasteiger partial charge in [0.1, 0.15) is 16.4 Å². The molecule has 5 nitrogen and oxygen atoms in total. The number of thiophene rings is 1. The van der Waals surface area contributed by atoms with Gasteiger partial charge in [0.2, 0.25) is 0 Å². The van der Waals surface area contributed by atoms with Gasteiger partial charge in [-0.1, -0.05) is 18.2 Å². The molecule has 3 aromatic rings. The number of fused-ring (bicyclic) bond motifs is 3. The van der Waals surface area contributed by atoms with Crippen molar-refractivity contribution in [1.82, 2.24) is 9.55 Å². The second-order valence-corrected chi connectivity index (χ2v) is 7.94. The molecule has 2 aromatic heterocycles. The summed E-state index contributed by atoms with van der Waals surface area (Å²) in [7, 11) is 3.32. The Morgan fingerprint density at radius 3 is 2.81 bits per heavy atom. The van der Waals surface area contributed by atoms with Crippen LogP contribution < -0.4 is 10.3 Å². The molecule has 1 aliphatic rings. The first-order valence-electron chi connectivity index (χ1n) is 9.37. The Morgan fingerprint density at radius 1 is 1.19 bits per heavy atom. The Labute approximate surface area is 162 Å². The van der Waals surface area contributed by atoms with E-state index < -0.39 is 0 Å². The topological polar surface area (TPSA) is 53.4 Å². The zero-order valence-electron chi connectivity index (χ0n) is 15.8. The molecule has 0 atom stereocenters. The summed E-state index contributed by atoms with van der Waals surface area (Å²) >= 11 is 1.69. The van der Waals surface area contributed by atoms with E-state index in [0.29, 0.717) is 19.6 Å². The van der Waals surface area contributed by atoms with Crippen LogP contribution in [-0.2, 0) is 30.5 Å². The van der Waals surface area contributed by atoms with Crippen LogP contribution in [0.4, 0.5) is 0 Å². The number of hydrogen-bond donors (Lipinski definition) is 0. The highest BCUT2D eigenvalue weighted by molar-refractivity contribution is 7.18. The first-order valence-corrected chi connectivity index (χ1v) is 10.2. The van der Waals surface area contributed by atoms with Crippen LogP contribution in [0.5, 0.6) is 5.75 Å². The van der Waals surface area contributed by atoms with Crippen LogP contribution in [0.15, 0.2) is 29.1 Å². The van der Waals surface area contributed by atoms with Crippen molar-refractivity contribution in [2.24, 2.45) is 0 Å². The van der Waals surface area contributed by atoms with E-state index in [0.717, 1.165) is 46.6 Å². The second kappa shape index (κ2) is 7.82. The number of aryl methyl sites for hydroxylation is 2. The van der Waals surface area contributed by atoms with E-state index >= 15 is 0 Å². The predicted molar refractivity (Wildman–Crippen MR) is 108 cm³/mol. The third-order valence-electron chi connectivity index (χ3n) is 5.21. The molecule has 0 saturated carbocycles. The zero-order chi connectivity index (χ0) is 18.8. The molecular weight excluding hydrogens is 360 g/mol. The largest absolute Gasteiger partial charge is 0.496 e. The quantitative estimate of drug-likeness (QED) is 0.652. The molecule has 0 unspecified atom stereocenters. The fourth-order valence-electron chi connectivity index (χ4n) is 3.85. The molecule has 2 heterocycles. The minimum Gasteiger partial charge on any atom is -0.496 e. The average Bonchev–Trinajstić information content (AvgIpc) is 3.06. The summed E-state index contributed by atoms with van der Waals surface area (Å²) in [6.45, 7) is 0.992. The van der Waals surface area contributed by atoms with Gasteiger partial charge in [-0.3, -0.25) is 9.36 Å². The van der Waals surface area contributed by atoms with Crippen molar-refractivity contribution in [2.45, 2.75) is 38.6 Å². The number of benzene rings is 1. The Hall–Kier alpha value is -2.18. The van der Waals surface area contributed by atoms with Crippen LogP contribution in [0.3, 0.4) is 0 Å². The summed E-state index contributed by atoms with van der Waals surface area (Å²) in [4.78, 5) is 20.5. The van der Waals surface area contributed by atoms with Crippen LogP contribution in [0.2, 0.25) is 0 Å². The lowest BCUT2D eigenvalue weighted by Crippen LogP contribution is -2.27. The minimum absolute atomic E-state index is 0.0707. The SMILES string of the molecule is COCCn1c(Cc2ccccc2OC)nc2sc3c(c2c1=O)CCCC3. The van der Waals surface area contributed by atoms with Gasteiger partial charge in [0.25, 0.3) is 5.56 Å². The summed E-state index contributed by atoms with van der Waals surface area (Å²) in [5.41, 5.74) is 2.33. The summed E-state index contributed by atoms with van der Waals surface area (Å²) < 4.78 is 12.5. The monoisotopic (exact) mass is 384 g/mol. The van der Waals surface area contributed by atoms with Gasteiger partial charge in [0.15, 0.2) is 0 Å². The van der Waals surface area contributed by atoms with Crippen molar-refractivity contribution in [3.05, 3.63) is 56.4 Å². The lowest BCUT2D eigenvalue weighted by molar-refractivity contribution is 0.185. The molecule has 1 aromatic carbocycles. The van der Waals surface area contributed by atoms with E-state index in [-0.39, 0.29) is 5.56 Å². The van der Waals surface area contributed by atoms with Gasteiger partial charge < -0.3 is 9.47 Å². The second-order valence-electron chi connectivity index (χ2n) is 6.86. The first kappa shape index (κ1) is 18.2. The molecule has 0 radical (unpaired) electrons. The normalized spacial score (nSPS) is 13.7. The minimum atomic E-state index is 0.0707. The van der Waals surface area contributed by atoms with Crippen molar-refractivity contribution in [2.75, 3.05) is 20.8 Å². The highest BCUT2D eigenvalue weighted by Crippen LogP contribution is 2.34. The van der Waals surface area contributed by atoms with Crippen LogP contribution >= 0.6 is 11.3 Å². The van der Waals surface area contributed by atoms with E-state index in [1.807, 2.05) is 24.3 Å². The Balaban J connectivity index is 1.86. The van der Waals surface area contributed by atoms with Gasteiger partial charge in [0, 0.05) is 24.0 Å². The van der Waals surface area contributed by atoms with Crippen molar-refractivity contribution in [3.63, 3.8) is 0 Å². The number of hydrogen-bond acceptors (Lipinski definition) is 5. The Bertz CT molecular complexity index is 1020. The Morgan fingerprint density at radius 2 is 2.00 bits per heavy atom. The summed E-state index contributed by atoms with van der Waals surface area (Å²) in [5.74, 6) is 1.59. The van der Waals surface area contributed by atoms with E-state index in [1.54, 1.807) is 30.1 Å². The van der Waals surface area contributed by atoms with Crippen LogP contribution in [0, 0.1) is 0 Å². The molecule has 0 N–H and O–H groups in total. The average molecular weight is 385 g/mol. The number of para-hydroxylation sites is 1. The van der Waals surface area contributed by atoms with Gasteiger partial charge in [0.05, 0.1) is 25.6 Å². The third-order valence-corrected chi connectivity index (χ3v) is 6.40. The van der Waals surface area contributed by atoms with Crippen molar-refractivity contribution in [3.8, 4) is 5.75 Å². The van der Waals surface area contributed by atoms with Crippen LogP contribution in [0.1, 0.15) is 34.7 Å². The van der Waals surface area contributed by atoms with Gasteiger partial charge >= 0.3 is 0 Å². The molecule has 0 spiro atoms. The molecule has 27 heavy (non-hydrogen) atoms. The molecule has 0 bridgehead atoms. The van der Waals surface area contributed by atoms with Gasteiger partial charge in [-0.15, -0.1) is 11.3 Å². The van der Waals surface area contributed by atoms with E-state index in [4.69, 9.17) is 14.5 Å². The third kappa shape index (κ3) is 3.39. The maximum atomic E-state index is 13.4. The van der Waals surface area contributed by atoms with E-state index in [1.165, 1.54) is 16.9 Å². The zero-order valence-corrected chi connectivity index (χ0v) is 16.6. The molecule has 0 aliphatic heterocycles. The van der Waals surface area contributed by atoms with E-state index in [2.05, 4.69) is 0 Å². The highest BCUT2D eigenvalue weighted by atomic mass is 32.1. The maximum Gasteiger partial charge on any atom is 0.262 e. The molecule has 0 saturated heterocycles. The van der Waals surface area contributed by atoms with Crippen LogP contribution in [-0.4, -0.2) is 30.4 Å². The fourth-order valence-corrected chi connectivity index (χ4v) is 5.12. The molecule has 1 aliphatic carbocycles. The number of ether oxygens (including phenoxy) is 2. The highest BCUT2D eigenvalue weighted by Gasteiger charge is 2.22. The molecule has 0 fully saturated rings. The van der Waals surface area contributed by atoms with E-state index in [9.17, 15) is 4.79 Å². The molecule has 6 heteroatoms. The molecule has 142 valence electrons. The lowest BCUT2D eigenvalue weighted by Gasteiger charge is -2.15. The predicted octanol–water partition coefficient (Wildman–Crippen LogP) is 3.58. The number of nitrogens with zero attached hydrogens (tertiary/aromatic N) is 2. The van der Waals surface area contributed by atoms with Gasteiger partial charge in [-0.2, -0.15) is 0 Å². The number of aromatic nitrogens is 2. The van der Waals surface area contributed by atoms with Crippen molar-refractivity contribution >= 4 is 21.6 Å². The van der Waals surface area contributed by atoms with Gasteiger partial charge in [-0.05, 0) is 37.3 Å². The molecular formula is C21H24N2O3S. The summed E-state index contributed by atoms with van der Waals surface area (Å²) in [6.07, 6.45) is 4.96. The van der Waals surface area contributed by atoms with Gasteiger partial charge in [-0.25, -0.2) is 4.98 Å². The van der Waals surface area contributed by atoms with Crippen molar-refractivity contribution < 1.29 is 9.47 Å². The fraction of sp³-hybridized carbons (Fsp3) is 0.429. The first-order chi connectivity index (χ1) is 13.2. The number of methoxy groups -OCH3 is 2. The maximum absolute atomic E-state index is 13.4. The lowest BCUT2D eigenvalue weighted by atomic mass is 9.97. The molecule has 0 amide bonds. The standard InChI is InChI=1S/C21H24N2O3S/c1-25-12-11-23-18(13-14-7-3-5-9-16(14)26-2)22-20-19(21(23)24)15-8-4-6-10-17(15)27-20/h3,5,7,9H,4,6,8,10-13H2,1-2H3. The summed E-state index contributed by atoms with van der Waals surface area (Å²) in [6, 6.07) is 7.90. The van der Waals surface area contributed by atoms with Crippen molar-refractivity contribution in [1.29, 1.82) is 0 Å². The summed E-state index contributed by atoms with van der Waals surface area (Å²) in [5, 5.41) is 0.828. The Kier molecular flexibility index (Phi) is 5.27. The van der Waals surface area contributed by atoms with Crippen LogP contribution in [0.25, 0.3) is 10.2 Å². The number of rotatable bonds is 6.